The van der Waals surface area contributed by atoms with Crippen molar-refractivity contribution in [2.24, 2.45) is 5.92 Å². The third kappa shape index (κ3) is 6.06. The number of nitrogens with one attached hydrogen (secondary N) is 2. The molecule has 0 radical (unpaired) electrons. The van der Waals surface area contributed by atoms with E-state index >= 15 is 0 Å². The number of ether oxygens (including phenoxy) is 1. The van der Waals surface area contributed by atoms with Gasteiger partial charge in [-0.3, -0.25) is 19.2 Å². The van der Waals surface area contributed by atoms with Gasteiger partial charge in [0.1, 0.15) is 6.54 Å². The van der Waals surface area contributed by atoms with Gasteiger partial charge in [0.2, 0.25) is 5.91 Å². The third-order valence-electron chi connectivity index (χ3n) is 5.96. The van der Waals surface area contributed by atoms with E-state index in [4.69, 9.17) is 4.74 Å². The molecule has 2 N–H and O–H groups in total. The molecule has 2 aliphatic heterocycles. The standard InChI is InChI=1S/C23H32N4O5/c1-3-32-21(29)9-13-27-15-20(28)25-19-5-4-17(14-18(19)23(27)31)22(30)26(2)12-8-16-6-10-24-11-7-16/h4-5,14,16,24H,3,6-13,15H2,1-2H3,(H,25,28). The van der Waals surface area contributed by atoms with Gasteiger partial charge >= 0.3 is 5.97 Å². The smallest absolute Gasteiger partial charge is 0.307 e. The van der Waals surface area contributed by atoms with Crippen LogP contribution in [0.3, 0.4) is 0 Å². The average molecular weight is 445 g/mol. The van der Waals surface area contributed by atoms with Crippen LogP contribution >= 0.6 is 0 Å². The SMILES string of the molecule is CCOC(=O)CCN1CC(=O)Nc2ccc(C(=O)N(C)CCC3CCNCC3)cc2C1=O. The fourth-order valence-electron chi connectivity index (χ4n) is 4.08. The van der Waals surface area contributed by atoms with Gasteiger partial charge in [0, 0.05) is 25.7 Å². The summed E-state index contributed by atoms with van der Waals surface area (Å²) in [6.07, 6.45) is 3.19. The number of hydrogen-bond donors (Lipinski definition) is 2. The summed E-state index contributed by atoms with van der Waals surface area (Å²) in [7, 11) is 1.77. The topological polar surface area (TPSA) is 108 Å². The molecule has 3 rings (SSSR count). The lowest BCUT2D eigenvalue weighted by Crippen LogP contribution is -2.36. The number of esters is 1. The van der Waals surface area contributed by atoms with E-state index < -0.39 is 11.9 Å². The molecule has 1 saturated heterocycles. The molecule has 174 valence electrons. The Hall–Kier alpha value is -2.94. The zero-order valence-electron chi connectivity index (χ0n) is 18.8. The van der Waals surface area contributed by atoms with Crippen molar-refractivity contribution in [1.82, 2.24) is 15.1 Å². The van der Waals surface area contributed by atoms with E-state index in [-0.39, 0.29) is 43.5 Å². The maximum Gasteiger partial charge on any atom is 0.307 e. The molecule has 0 unspecified atom stereocenters. The third-order valence-corrected chi connectivity index (χ3v) is 5.96. The molecular weight excluding hydrogens is 412 g/mol. The Morgan fingerprint density at radius 3 is 2.69 bits per heavy atom. The summed E-state index contributed by atoms with van der Waals surface area (Å²) in [5.41, 5.74) is 1.01. The Morgan fingerprint density at radius 2 is 1.97 bits per heavy atom. The predicted molar refractivity (Wildman–Crippen MR) is 119 cm³/mol. The van der Waals surface area contributed by atoms with Crippen LogP contribution < -0.4 is 10.6 Å². The fraction of sp³-hybridized carbons (Fsp3) is 0.565. The van der Waals surface area contributed by atoms with Crippen molar-refractivity contribution in [3.05, 3.63) is 29.3 Å². The number of nitrogens with zero attached hydrogens (tertiary/aromatic N) is 2. The summed E-state index contributed by atoms with van der Waals surface area (Å²) in [6, 6.07) is 4.75. The monoisotopic (exact) mass is 444 g/mol. The van der Waals surface area contributed by atoms with E-state index in [2.05, 4.69) is 10.6 Å². The van der Waals surface area contributed by atoms with Crippen molar-refractivity contribution in [3.8, 4) is 0 Å². The Bertz CT molecular complexity index is 866. The molecule has 3 amide bonds. The molecular formula is C23H32N4O5. The van der Waals surface area contributed by atoms with E-state index in [1.165, 1.54) is 11.0 Å². The van der Waals surface area contributed by atoms with Gasteiger partial charge < -0.3 is 25.2 Å². The number of carbonyl (C=O) groups is 4. The summed E-state index contributed by atoms with van der Waals surface area (Å²) in [6.45, 7) is 4.57. The molecule has 2 aliphatic rings. The first-order valence-electron chi connectivity index (χ1n) is 11.2. The number of piperidine rings is 1. The molecule has 9 heteroatoms. The lowest BCUT2D eigenvalue weighted by atomic mass is 9.94. The number of hydrogen-bond acceptors (Lipinski definition) is 6. The number of carbonyl (C=O) groups excluding carboxylic acids is 4. The van der Waals surface area contributed by atoms with Crippen molar-refractivity contribution in [3.63, 3.8) is 0 Å². The molecule has 2 heterocycles. The van der Waals surface area contributed by atoms with Gasteiger partial charge in [-0.05, 0) is 63.4 Å². The van der Waals surface area contributed by atoms with Crippen LogP contribution in [0.2, 0.25) is 0 Å². The minimum Gasteiger partial charge on any atom is -0.466 e. The van der Waals surface area contributed by atoms with Gasteiger partial charge in [-0.1, -0.05) is 0 Å². The first kappa shape index (κ1) is 23.7. The minimum atomic E-state index is -0.426. The van der Waals surface area contributed by atoms with Crippen molar-refractivity contribution in [1.29, 1.82) is 0 Å². The molecule has 0 spiro atoms. The van der Waals surface area contributed by atoms with Crippen LogP contribution in [-0.4, -0.2) is 79.9 Å². The highest BCUT2D eigenvalue weighted by atomic mass is 16.5. The molecule has 32 heavy (non-hydrogen) atoms. The lowest BCUT2D eigenvalue weighted by Gasteiger charge is -2.25. The van der Waals surface area contributed by atoms with Gasteiger partial charge in [0.25, 0.3) is 11.8 Å². The highest BCUT2D eigenvalue weighted by molar-refractivity contribution is 6.10. The molecule has 0 atom stereocenters. The maximum atomic E-state index is 13.1. The number of fused-ring (bicyclic) bond motifs is 1. The van der Waals surface area contributed by atoms with Gasteiger partial charge in [0.15, 0.2) is 0 Å². The Morgan fingerprint density at radius 1 is 1.22 bits per heavy atom. The highest BCUT2D eigenvalue weighted by Crippen LogP contribution is 2.24. The quantitative estimate of drug-likeness (QED) is 0.589. The summed E-state index contributed by atoms with van der Waals surface area (Å²) >= 11 is 0. The van der Waals surface area contributed by atoms with E-state index in [9.17, 15) is 19.2 Å². The van der Waals surface area contributed by atoms with Gasteiger partial charge in [-0.15, -0.1) is 0 Å². The molecule has 1 aromatic carbocycles. The van der Waals surface area contributed by atoms with Crippen LogP contribution in [0.4, 0.5) is 5.69 Å². The zero-order valence-corrected chi connectivity index (χ0v) is 18.8. The Balaban J connectivity index is 1.69. The summed E-state index contributed by atoms with van der Waals surface area (Å²) < 4.78 is 4.91. The van der Waals surface area contributed by atoms with Gasteiger partial charge in [-0.2, -0.15) is 0 Å². The first-order chi connectivity index (χ1) is 15.4. The summed E-state index contributed by atoms with van der Waals surface area (Å²) in [5.74, 6) is -0.718. The molecule has 1 fully saturated rings. The van der Waals surface area contributed by atoms with Crippen LogP contribution in [0.25, 0.3) is 0 Å². The van der Waals surface area contributed by atoms with Crippen LogP contribution in [0, 0.1) is 5.92 Å². The van der Waals surface area contributed by atoms with Crippen molar-refractivity contribution >= 4 is 29.4 Å². The number of anilines is 1. The average Bonchev–Trinajstić information content (AvgIpc) is 2.91. The van der Waals surface area contributed by atoms with Crippen LogP contribution in [0.5, 0.6) is 0 Å². The molecule has 9 nitrogen and oxygen atoms in total. The summed E-state index contributed by atoms with van der Waals surface area (Å²) in [5, 5.41) is 6.06. The normalized spacial score (nSPS) is 16.8. The van der Waals surface area contributed by atoms with Crippen molar-refractivity contribution in [2.45, 2.75) is 32.6 Å². The number of benzene rings is 1. The molecule has 0 bridgehead atoms. The highest BCUT2D eigenvalue weighted by Gasteiger charge is 2.28. The lowest BCUT2D eigenvalue weighted by molar-refractivity contribution is -0.143. The van der Waals surface area contributed by atoms with Crippen LogP contribution in [0.15, 0.2) is 18.2 Å². The second kappa shape index (κ2) is 11.1. The Kier molecular flexibility index (Phi) is 8.21. The largest absolute Gasteiger partial charge is 0.466 e. The maximum absolute atomic E-state index is 13.1. The number of amides is 3. The van der Waals surface area contributed by atoms with Crippen molar-refractivity contribution in [2.75, 3.05) is 51.7 Å². The van der Waals surface area contributed by atoms with Crippen LogP contribution in [-0.2, 0) is 14.3 Å². The zero-order chi connectivity index (χ0) is 23.1. The fourth-order valence-corrected chi connectivity index (χ4v) is 4.08. The second-order valence-corrected chi connectivity index (χ2v) is 8.30. The second-order valence-electron chi connectivity index (χ2n) is 8.30. The van der Waals surface area contributed by atoms with E-state index in [0.29, 0.717) is 23.7 Å². The summed E-state index contributed by atoms with van der Waals surface area (Å²) in [4.78, 5) is 53.0. The Labute approximate surface area is 188 Å². The van der Waals surface area contributed by atoms with Gasteiger partial charge in [0.05, 0.1) is 24.3 Å². The van der Waals surface area contributed by atoms with E-state index in [0.717, 1.165) is 32.4 Å². The van der Waals surface area contributed by atoms with E-state index in [1.807, 2.05) is 0 Å². The predicted octanol–water partition coefficient (Wildman–Crippen LogP) is 1.50. The van der Waals surface area contributed by atoms with Gasteiger partial charge in [-0.25, -0.2) is 0 Å². The molecule has 0 saturated carbocycles. The molecule has 0 aliphatic carbocycles. The molecule has 1 aromatic rings. The van der Waals surface area contributed by atoms with E-state index in [1.54, 1.807) is 31.0 Å². The molecule has 0 aromatic heterocycles. The first-order valence-corrected chi connectivity index (χ1v) is 11.2. The minimum absolute atomic E-state index is 0.000237. The number of rotatable bonds is 8. The van der Waals surface area contributed by atoms with Crippen LogP contribution in [0.1, 0.15) is 53.3 Å². The van der Waals surface area contributed by atoms with Crippen molar-refractivity contribution < 1.29 is 23.9 Å².